The predicted octanol–water partition coefficient (Wildman–Crippen LogP) is 1.21. The molecule has 4 heteroatoms. The molecule has 0 aliphatic heterocycles. The number of rotatable bonds is 4. The van der Waals surface area contributed by atoms with E-state index in [0.717, 1.165) is 19.3 Å². The molecule has 0 saturated heterocycles. The molecule has 0 bridgehead atoms. The molecular formula is C14H22N2O2. The average molecular weight is 250 g/mol. The normalized spacial score (nSPS) is 39.4. The van der Waals surface area contributed by atoms with E-state index < -0.39 is 5.41 Å². The van der Waals surface area contributed by atoms with E-state index in [1.54, 1.807) is 0 Å². The summed E-state index contributed by atoms with van der Waals surface area (Å²) in [5, 5.41) is 6.06. The van der Waals surface area contributed by atoms with Gasteiger partial charge in [-0.15, -0.1) is 0 Å². The standard InChI is InChI=1S/C14H22N2O2/c1-8-6-10(8)15-12(17)14(4-3-5-14)13(18)16-11-7-9(11)2/h8-11H,3-7H2,1-2H3,(H,15,17)(H,16,18). The smallest absolute Gasteiger partial charge is 0.235 e. The van der Waals surface area contributed by atoms with Crippen molar-refractivity contribution in [1.29, 1.82) is 0 Å². The zero-order valence-electron chi connectivity index (χ0n) is 11.2. The highest BCUT2D eigenvalue weighted by Gasteiger charge is 2.53. The predicted molar refractivity (Wildman–Crippen MR) is 67.7 cm³/mol. The van der Waals surface area contributed by atoms with Crippen molar-refractivity contribution < 1.29 is 9.59 Å². The fourth-order valence-corrected chi connectivity index (χ4v) is 2.75. The van der Waals surface area contributed by atoms with Crippen molar-refractivity contribution in [3.8, 4) is 0 Å². The Bertz CT molecular complexity index is 357. The summed E-state index contributed by atoms with van der Waals surface area (Å²) in [5.41, 5.74) is -0.745. The molecular weight excluding hydrogens is 228 g/mol. The minimum absolute atomic E-state index is 0.0334. The molecule has 0 aromatic heterocycles. The van der Waals surface area contributed by atoms with Gasteiger partial charge in [0.15, 0.2) is 0 Å². The summed E-state index contributed by atoms with van der Waals surface area (Å²) in [4.78, 5) is 24.6. The highest BCUT2D eigenvalue weighted by molar-refractivity contribution is 6.06. The molecule has 0 aromatic carbocycles. The number of nitrogens with one attached hydrogen (secondary N) is 2. The van der Waals surface area contributed by atoms with Gasteiger partial charge in [-0.2, -0.15) is 0 Å². The zero-order valence-corrected chi connectivity index (χ0v) is 11.2. The molecule has 0 aromatic rings. The Morgan fingerprint density at radius 3 is 1.56 bits per heavy atom. The Labute approximate surface area is 108 Å². The number of carbonyl (C=O) groups excluding carboxylic acids is 2. The van der Waals surface area contributed by atoms with Crippen LogP contribution in [0.15, 0.2) is 0 Å². The Morgan fingerprint density at radius 1 is 0.944 bits per heavy atom. The van der Waals surface area contributed by atoms with E-state index in [-0.39, 0.29) is 11.8 Å². The maximum Gasteiger partial charge on any atom is 0.235 e. The summed E-state index contributed by atoms with van der Waals surface area (Å²) in [6.07, 6.45) is 4.53. The van der Waals surface area contributed by atoms with Gasteiger partial charge in [-0.05, 0) is 37.5 Å². The van der Waals surface area contributed by atoms with Crippen LogP contribution in [0.5, 0.6) is 0 Å². The largest absolute Gasteiger partial charge is 0.352 e. The molecule has 3 fully saturated rings. The second kappa shape index (κ2) is 3.97. The van der Waals surface area contributed by atoms with Crippen LogP contribution in [0.3, 0.4) is 0 Å². The van der Waals surface area contributed by atoms with Crippen LogP contribution in [0.1, 0.15) is 46.0 Å². The van der Waals surface area contributed by atoms with Crippen molar-refractivity contribution in [2.24, 2.45) is 17.3 Å². The second-order valence-electron chi connectivity index (χ2n) is 6.52. The summed E-state index contributed by atoms with van der Waals surface area (Å²) < 4.78 is 0. The molecule has 0 radical (unpaired) electrons. The van der Waals surface area contributed by atoms with Crippen LogP contribution in [-0.2, 0) is 9.59 Å². The van der Waals surface area contributed by atoms with Gasteiger partial charge >= 0.3 is 0 Å². The van der Waals surface area contributed by atoms with Crippen molar-refractivity contribution in [2.45, 2.75) is 58.0 Å². The number of hydrogen-bond acceptors (Lipinski definition) is 2. The molecule has 3 aliphatic rings. The Kier molecular flexibility index (Phi) is 2.65. The minimum Gasteiger partial charge on any atom is -0.352 e. The third-order valence-corrected chi connectivity index (χ3v) is 4.93. The summed E-state index contributed by atoms with van der Waals surface area (Å²) in [7, 11) is 0. The topological polar surface area (TPSA) is 58.2 Å². The van der Waals surface area contributed by atoms with E-state index in [1.165, 1.54) is 0 Å². The molecule has 100 valence electrons. The summed E-state index contributed by atoms with van der Waals surface area (Å²) in [6.45, 7) is 4.26. The fourth-order valence-electron chi connectivity index (χ4n) is 2.75. The number of hydrogen-bond donors (Lipinski definition) is 2. The van der Waals surface area contributed by atoms with Crippen LogP contribution < -0.4 is 10.6 Å². The monoisotopic (exact) mass is 250 g/mol. The lowest BCUT2D eigenvalue weighted by Gasteiger charge is -2.38. The third-order valence-electron chi connectivity index (χ3n) is 4.93. The maximum atomic E-state index is 12.3. The lowest BCUT2D eigenvalue weighted by atomic mass is 9.67. The van der Waals surface area contributed by atoms with Crippen LogP contribution in [0.2, 0.25) is 0 Å². The highest BCUT2D eigenvalue weighted by atomic mass is 16.2. The summed E-state index contributed by atoms with van der Waals surface area (Å²) in [5.74, 6) is 1.10. The Morgan fingerprint density at radius 2 is 1.33 bits per heavy atom. The van der Waals surface area contributed by atoms with Crippen molar-refractivity contribution >= 4 is 11.8 Å². The van der Waals surface area contributed by atoms with E-state index in [1.807, 2.05) is 0 Å². The van der Waals surface area contributed by atoms with Gasteiger partial charge in [0, 0.05) is 12.1 Å². The molecule has 2 amide bonds. The number of amides is 2. The van der Waals surface area contributed by atoms with Gasteiger partial charge in [0.2, 0.25) is 11.8 Å². The van der Waals surface area contributed by atoms with Gasteiger partial charge in [-0.1, -0.05) is 20.3 Å². The molecule has 3 rings (SSSR count). The quantitative estimate of drug-likeness (QED) is 0.737. The first kappa shape index (κ1) is 12.0. The summed E-state index contributed by atoms with van der Waals surface area (Å²) >= 11 is 0. The van der Waals surface area contributed by atoms with E-state index in [4.69, 9.17) is 0 Å². The van der Waals surface area contributed by atoms with E-state index >= 15 is 0 Å². The van der Waals surface area contributed by atoms with E-state index in [9.17, 15) is 9.59 Å². The molecule has 2 N–H and O–H groups in total. The van der Waals surface area contributed by atoms with Crippen LogP contribution in [-0.4, -0.2) is 23.9 Å². The molecule has 4 nitrogen and oxygen atoms in total. The Balaban J connectivity index is 1.61. The number of carbonyl (C=O) groups is 2. The first-order chi connectivity index (χ1) is 8.53. The molecule has 4 unspecified atom stereocenters. The highest BCUT2D eigenvalue weighted by Crippen LogP contribution is 2.43. The van der Waals surface area contributed by atoms with E-state index in [2.05, 4.69) is 24.5 Å². The molecule has 0 heterocycles. The van der Waals surface area contributed by atoms with Crippen molar-refractivity contribution in [2.75, 3.05) is 0 Å². The van der Waals surface area contributed by atoms with Crippen molar-refractivity contribution in [3.05, 3.63) is 0 Å². The minimum atomic E-state index is -0.745. The maximum absolute atomic E-state index is 12.3. The zero-order chi connectivity index (χ0) is 12.9. The van der Waals surface area contributed by atoms with Crippen LogP contribution >= 0.6 is 0 Å². The van der Waals surface area contributed by atoms with Gasteiger partial charge in [0.25, 0.3) is 0 Å². The van der Waals surface area contributed by atoms with Gasteiger partial charge in [0.05, 0.1) is 0 Å². The van der Waals surface area contributed by atoms with Gasteiger partial charge in [-0.3, -0.25) is 9.59 Å². The molecule has 0 spiro atoms. The lowest BCUT2D eigenvalue weighted by Crippen LogP contribution is -2.56. The molecule has 3 aliphatic carbocycles. The summed E-state index contributed by atoms with van der Waals surface area (Å²) in [6, 6.07) is 0.616. The second-order valence-corrected chi connectivity index (χ2v) is 6.52. The molecule has 18 heavy (non-hydrogen) atoms. The van der Waals surface area contributed by atoms with Crippen LogP contribution in [0.4, 0.5) is 0 Å². The van der Waals surface area contributed by atoms with Gasteiger partial charge in [0.1, 0.15) is 5.41 Å². The van der Waals surface area contributed by atoms with Crippen molar-refractivity contribution in [3.63, 3.8) is 0 Å². The van der Waals surface area contributed by atoms with Crippen LogP contribution in [0, 0.1) is 17.3 Å². The average Bonchev–Trinajstić information content (AvgIpc) is 3.08. The third kappa shape index (κ3) is 1.91. The molecule has 4 atom stereocenters. The Hall–Kier alpha value is -1.06. The van der Waals surface area contributed by atoms with Gasteiger partial charge < -0.3 is 10.6 Å². The lowest BCUT2D eigenvalue weighted by molar-refractivity contribution is -0.149. The first-order valence-electron chi connectivity index (χ1n) is 7.15. The molecule has 3 saturated carbocycles. The van der Waals surface area contributed by atoms with Crippen molar-refractivity contribution in [1.82, 2.24) is 10.6 Å². The fraction of sp³-hybridized carbons (Fsp3) is 0.857. The first-order valence-corrected chi connectivity index (χ1v) is 7.15. The SMILES string of the molecule is CC1CC1NC(=O)C1(C(=O)NC2CC2C)CCC1. The van der Waals surface area contributed by atoms with Crippen LogP contribution in [0.25, 0.3) is 0 Å². The van der Waals surface area contributed by atoms with E-state index in [0.29, 0.717) is 36.8 Å². The van der Waals surface area contributed by atoms with Gasteiger partial charge in [-0.25, -0.2) is 0 Å².